The quantitative estimate of drug-likeness (QED) is 0.0905. The first-order chi connectivity index (χ1) is 21.6. The van der Waals surface area contributed by atoms with Gasteiger partial charge in [-0.15, -0.1) is 10.1 Å². The van der Waals surface area contributed by atoms with E-state index in [4.69, 9.17) is 25.3 Å². The first-order valence-electron chi connectivity index (χ1n) is 15.2. The smallest absolute Gasteiger partial charge is 0.813 e. The molecule has 6 aromatic carbocycles. The summed E-state index contributed by atoms with van der Waals surface area (Å²) in [5.41, 5.74) is 0. The van der Waals surface area contributed by atoms with Gasteiger partial charge in [0.2, 0.25) is 0 Å². The maximum absolute atomic E-state index is 5.35. The van der Waals surface area contributed by atoms with E-state index >= 15 is 0 Å². The third-order valence-corrected chi connectivity index (χ3v) is 6.65. The summed E-state index contributed by atoms with van der Waals surface area (Å²) in [5, 5.41) is 1.63. The van der Waals surface area contributed by atoms with Crippen molar-refractivity contribution < 1.29 is 139 Å². The monoisotopic (exact) mass is 1300 g/mol. The van der Waals surface area contributed by atoms with Gasteiger partial charge in [-0.3, -0.25) is 0 Å². The van der Waals surface area contributed by atoms with Crippen molar-refractivity contribution in [2.45, 2.75) is 27.7 Å². The van der Waals surface area contributed by atoms with Crippen molar-refractivity contribution in [2.24, 2.45) is 0 Å². The molecular formula is C40H58Cr8N2S10+14. The second-order valence-corrected chi connectivity index (χ2v) is 9.50. The standard InChI is InChI=1S/C10H22N2S2.6C5H5.8Cr.8H2S/c1-5-11(6-2)9(13)10(14)12(7-3)8-4;6*1-2-4-5-3-1;;;;;;;;;;;;;;;;/h13-14H,5-8H2,1-4H3;6*1-5H;;;;;;;;;8*1H2/q;6*-1;;;6*+5;;;;;;;;/p-10. The Morgan fingerprint density at radius 1 is 0.300 bits per heavy atom. The number of hydrogen-bond acceptors (Lipinski definition) is 12. The normalized spacial score (nSPS) is 6.87. The first-order valence-corrected chi connectivity index (χ1v) is 16.0. The van der Waals surface area contributed by atoms with Crippen molar-refractivity contribution in [3.8, 4) is 0 Å². The molecule has 0 atom stereocenters. The minimum Gasteiger partial charge on any atom is -0.813 e. The minimum atomic E-state index is 0. The molecule has 2 nitrogen and oxygen atoms in total. The van der Waals surface area contributed by atoms with Gasteiger partial charge in [-0.1, -0.05) is 0 Å². The molecule has 0 bridgehead atoms. The molecule has 0 saturated carbocycles. The van der Waals surface area contributed by atoms with Gasteiger partial charge in [0.25, 0.3) is 0 Å². The fourth-order valence-electron chi connectivity index (χ4n) is 3.22. The number of hydrogen-bond donors (Lipinski definition) is 0. The van der Waals surface area contributed by atoms with E-state index in [1.54, 1.807) is 0 Å². The third kappa shape index (κ3) is 78.1. The van der Waals surface area contributed by atoms with Crippen molar-refractivity contribution in [3.05, 3.63) is 192 Å². The zero-order chi connectivity index (χ0) is 32.4. The van der Waals surface area contributed by atoms with E-state index in [2.05, 4.69) is 37.5 Å². The molecule has 0 unspecified atom stereocenters. The van der Waals surface area contributed by atoms with Gasteiger partial charge in [-0.05, 0) is 27.7 Å². The van der Waals surface area contributed by atoms with Gasteiger partial charge >= 0.3 is 104 Å². The minimum absolute atomic E-state index is 0. The van der Waals surface area contributed by atoms with Gasteiger partial charge in [0.05, 0.1) is 0 Å². The van der Waals surface area contributed by atoms with Crippen LogP contribution in [0.3, 0.4) is 0 Å². The van der Waals surface area contributed by atoms with Gasteiger partial charge in [0.15, 0.2) is 0 Å². The summed E-state index contributed by atoms with van der Waals surface area (Å²) in [6, 6.07) is 60.0. The van der Waals surface area contributed by atoms with E-state index in [9.17, 15) is 0 Å². The van der Waals surface area contributed by atoms with Gasteiger partial charge in [-0.25, -0.2) is 72.8 Å². The summed E-state index contributed by atoms with van der Waals surface area (Å²) in [4.78, 5) is 4.24. The molecule has 0 aromatic heterocycles. The third-order valence-electron chi connectivity index (χ3n) is 5.62. The van der Waals surface area contributed by atoms with Crippen LogP contribution in [0.4, 0.5) is 0 Å². The molecule has 6 radical (unpaired) electrons. The van der Waals surface area contributed by atoms with Crippen LogP contribution in [0.15, 0.2) is 192 Å². The average Bonchev–Trinajstić information content (AvgIpc) is 3.91. The predicted molar refractivity (Wildman–Crippen MR) is 270 cm³/mol. The Balaban J connectivity index is -0.0000000237. The van der Waals surface area contributed by atoms with Crippen LogP contribution in [0, 0.1) is 0 Å². The second-order valence-electron chi connectivity index (χ2n) is 8.73. The molecule has 322 valence electrons. The van der Waals surface area contributed by atoms with E-state index in [1.165, 1.54) is 0 Å². The van der Waals surface area contributed by atoms with Crippen LogP contribution in [-0.4, -0.2) is 36.0 Å². The fraction of sp³-hybridized carbons (Fsp3) is 0.200. The average molecular weight is 1300 g/mol. The zero-order valence-corrected chi connectivity index (χ0v) is 52.7. The zero-order valence-electron chi connectivity index (χ0n) is 33.7. The number of nitrogens with zero attached hydrogens (tertiary/aromatic N) is 2. The van der Waals surface area contributed by atoms with Crippen molar-refractivity contribution in [1.29, 1.82) is 0 Å². The van der Waals surface area contributed by atoms with Crippen LogP contribution in [0.25, 0.3) is 0 Å². The van der Waals surface area contributed by atoms with Crippen molar-refractivity contribution in [2.75, 3.05) is 26.2 Å². The van der Waals surface area contributed by atoms with Gasteiger partial charge in [0, 0.05) is 60.9 Å². The van der Waals surface area contributed by atoms with E-state index in [1.807, 2.05) is 182 Å². The molecule has 0 aliphatic heterocycles. The van der Waals surface area contributed by atoms with Crippen LogP contribution in [0.5, 0.6) is 0 Å². The summed E-state index contributed by atoms with van der Waals surface area (Å²) in [6.07, 6.45) is 0. The largest absolute Gasteiger partial charge is 5.00 e. The topological polar surface area (TPSA) is 6.48 Å². The molecule has 0 aliphatic rings. The summed E-state index contributed by atoms with van der Waals surface area (Å²) in [6.45, 7) is 12.1. The van der Waals surface area contributed by atoms with E-state index in [0.717, 1.165) is 36.2 Å². The number of rotatable bonds is 6. The molecule has 60 heavy (non-hydrogen) atoms. The van der Waals surface area contributed by atoms with Crippen LogP contribution in [-0.2, 0) is 272 Å². The SMILES string of the molecule is CCN(CC)C([S-])=C([S-])N(CC)CC.[Cr+5].[Cr+5].[Cr+5].[Cr+5].[Cr+5].[Cr+5].[Cr].[Cr].[SH-].[SH-].[SH-].[SH-].[SH-].[SH-].[SH-].[SH-].c1cc[cH-]c1.c1cc[cH-]c1.c1cc[cH-]c1.c1cc[cH-]c1.c1cc[cH-]c1.c1cc[cH-]c1. The summed E-state index contributed by atoms with van der Waals surface area (Å²) >= 11 is 10.7. The van der Waals surface area contributed by atoms with E-state index in [0.29, 0.717) is 0 Å². The molecule has 20 heteroatoms. The molecule has 0 amide bonds. The molecule has 0 saturated heterocycles. The molecule has 6 aromatic rings. The van der Waals surface area contributed by atoms with E-state index < -0.39 is 0 Å². The summed E-state index contributed by atoms with van der Waals surface area (Å²) in [7, 11) is 0. The Hall–Kier alpha value is 2.94. The molecule has 6 rings (SSSR count). The summed E-state index contributed by atoms with van der Waals surface area (Å²) < 4.78 is 0. The predicted octanol–water partition coefficient (Wildman–Crippen LogP) is 8.14. The maximum atomic E-state index is 5.35. The Morgan fingerprint density at radius 3 is 0.450 bits per heavy atom. The Kier molecular flexibility index (Phi) is 183. The van der Waals surface area contributed by atoms with Gasteiger partial charge < -0.3 is 143 Å². The maximum Gasteiger partial charge on any atom is 5.00 e. The summed E-state index contributed by atoms with van der Waals surface area (Å²) in [5.74, 6) is 0. The molecular weight excluding hydrogens is 1250 g/mol. The van der Waals surface area contributed by atoms with Crippen LogP contribution < -0.4 is 0 Å². The van der Waals surface area contributed by atoms with Crippen molar-refractivity contribution in [3.63, 3.8) is 0 Å². The van der Waals surface area contributed by atoms with Crippen LogP contribution in [0.2, 0.25) is 0 Å². The number of thiol groups is 8. The van der Waals surface area contributed by atoms with Gasteiger partial charge in [-0.2, -0.15) is 109 Å². The Morgan fingerprint density at radius 2 is 0.400 bits per heavy atom. The fourth-order valence-corrected chi connectivity index (χ4v) is 3.99. The Labute approximate surface area is 520 Å². The van der Waals surface area contributed by atoms with Gasteiger partial charge in [0.1, 0.15) is 0 Å². The van der Waals surface area contributed by atoms with Crippen molar-refractivity contribution in [1.82, 2.24) is 9.80 Å². The molecule has 0 heterocycles. The van der Waals surface area contributed by atoms with Crippen LogP contribution >= 0.6 is 0 Å². The van der Waals surface area contributed by atoms with E-state index in [-0.39, 0.29) is 247 Å². The molecule has 0 aliphatic carbocycles. The molecule has 0 fully saturated rings. The molecule has 0 N–H and O–H groups in total. The van der Waals surface area contributed by atoms with Crippen molar-refractivity contribution >= 4 is 133 Å². The first kappa shape index (κ1) is 114. The second kappa shape index (κ2) is 96.0. The molecule has 0 spiro atoms. The van der Waals surface area contributed by atoms with Crippen LogP contribution in [0.1, 0.15) is 27.7 Å². The Bertz CT molecular complexity index is 922.